The van der Waals surface area contributed by atoms with Gasteiger partial charge in [-0.15, -0.1) is 0 Å². The molecule has 0 N–H and O–H groups in total. The zero-order valence-electron chi connectivity index (χ0n) is 14.4. The van der Waals surface area contributed by atoms with Gasteiger partial charge >= 0.3 is 11.9 Å². The first kappa shape index (κ1) is 17.4. The molecule has 0 aromatic heterocycles. The molecule has 0 saturated heterocycles. The van der Waals surface area contributed by atoms with E-state index in [4.69, 9.17) is 9.47 Å². The van der Waals surface area contributed by atoms with E-state index < -0.39 is 11.6 Å². The van der Waals surface area contributed by atoms with Crippen molar-refractivity contribution >= 4 is 17.7 Å². The standard InChI is InChI=1S/C18H24O5/c1-10(7-6-8-22-13(4)19)14-11(2)9-18(5)15(16(14)20)12(3)17(21)23-18/h10H,6-9H2,1-5H3/t10-,18+/m0/s1. The number of carbonyl (C=O) groups is 3. The second-order valence-corrected chi connectivity index (χ2v) is 6.70. The largest absolute Gasteiger partial charge is 0.466 e. The molecule has 2 rings (SSSR count). The van der Waals surface area contributed by atoms with Gasteiger partial charge in [0.2, 0.25) is 0 Å². The summed E-state index contributed by atoms with van der Waals surface area (Å²) in [7, 11) is 0. The van der Waals surface area contributed by atoms with Crippen molar-refractivity contribution < 1.29 is 23.9 Å². The van der Waals surface area contributed by atoms with Gasteiger partial charge in [-0.05, 0) is 39.5 Å². The Balaban J connectivity index is 2.17. The first-order valence-electron chi connectivity index (χ1n) is 7.99. The lowest BCUT2D eigenvalue weighted by Gasteiger charge is -2.34. The van der Waals surface area contributed by atoms with Gasteiger partial charge in [0, 0.05) is 24.5 Å². The maximum absolute atomic E-state index is 12.9. The molecule has 0 radical (unpaired) electrons. The van der Waals surface area contributed by atoms with E-state index in [1.54, 1.807) is 13.8 Å². The predicted octanol–water partition coefficient (Wildman–Crippen LogP) is 2.89. The van der Waals surface area contributed by atoms with Crippen LogP contribution in [0, 0.1) is 5.92 Å². The smallest absolute Gasteiger partial charge is 0.335 e. The summed E-state index contributed by atoms with van der Waals surface area (Å²) in [5.74, 6) is -0.703. The molecule has 1 aliphatic heterocycles. The van der Waals surface area contributed by atoms with Crippen LogP contribution in [0.25, 0.3) is 0 Å². The number of carbonyl (C=O) groups excluding carboxylic acids is 3. The average Bonchev–Trinajstić information content (AvgIpc) is 2.64. The number of esters is 2. The molecule has 23 heavy (non-hydrogen) atoms. The van der Waals surface area contributed by atoms with Crippen LogP contribution in [0.3, 0.4) is 0 Å². The van der Waals surface area contributed by atoms with Gasteiger partial charge in [0.1, 0.15) is 5.60 Å². The van der Waals surface area contributed by atoms with Crippen LogP contribution in [0.4, 0.5) is 0 Å². The number of Topliss-reactive ketones (excluding diaryl/α,β-unsaturated/α-hetero) is 1. The molecular weight excluding hydrogens is 296 g/mol. The third-order valence-corrected chi connectivity index (χ3v) is 4.64. The topological polar surface area (TPSA) is 69.7 Å². The maximum Gasteiger partial charge on any atom is 0.335 e. The average molecular weight is 320 g/mol. The monoisotopic (exact) mass is 320 g/mol. The molecule has 2 aliphatic rings. The zero-order valence-corrected chi connectivity index (χ0v) is 14.4. The Bertz CT molecular complexity index is 625. The molecule has 1 aliphatic carbocycles. The molecule has 0 fully saturated rings. The Labute approximate surface area is 136 Å². The second kappa shape index (κ2) is 6.30. The SMILES string of the molecule is CC(=O)OCCC[C@H](C)C1=C(C)C[C@@]2(C)OC(=O)C(C)=C2C1=O. The Hall–Kier alpha value is -1.91. The third kappa shape index (κ3) is 3.23. The first-order valence-corrected chi connectivity index (χ1v) is 7.99. The number of allylic oxidation sites excluding steroid dienone is 1. The van der Waals surface area contributed by atoms with Gasteiger partial charge in [-0.1, -0.05) is 12.5 Å². The maximum atomic E-state index is 12.9. The van der Waals surface area contributed by atoms with Crippen LogP contribution in [-0.2, 0) is 23.9 Å². The van der Waals surface area contributed by atoms with Gasteiger partial charge in [-0.25, -0.2) is 4.79 Å². The molecule has 5 heteroatoms. The van der Waals surface area contributed by atoms with Gasteiger partial charge in [0.25, 0.3) is 0 Å². The van der Waals surface area contributed by atoms with E-state index in [1.807, 2.05) is 13.8 Å². The number of fused-ring (bicyclic) bond motifs is 1. The number of hydrogen-bond acceptors (Lipinski definition) is 5. The van der Waals surface area contributed by atoms with Crippen LogP contribution >= 0.6 is 0 Å². The molecule has 0 aromatic rings. The molecule has 0 bridgehead atoms. The minimum Gasteiger partial charge on any atom is -0.466 e. The summed E-state index contributed by atoms with van der Waals surface area (Å²) in [6.45, 7) is 9.14. The van der Waals surface area contributed by atoms with E-state index >= 15 is 0 Å². The summed E-state index contributed by atoms with van der Waals surface area (Å²) >= 11 is 0. The van der Waals surface area contributed by atoms with Crippen molar-refractivity contribution in [1.29, 1.82) is 0 Å². The molecule has 0 unspecified atom stereocenters. The molecule has 2 atom stereocenters. The van der Waals surface area contributed by atoms with Crippen LogP contribution in [0.2, 0.25) is 0 Å². The molecule has 1 heterocycles. The van der Waals surface area contributed by atoms with E-state index in [-0.39, 0.29) is 17.7 Å². The summed E-state index contributed by atoms with van der Waals surface area (Å²) in [6, 6.07) is 0. The van der Waals surface area contributed by atoms with E-state index in [9.17, 15) is 14.4 Å². The Morgan fingerprint density at radius 3 is 2.61 bits per heavy atom. The number of hydrogen-bond donors (Lipinski definition) is 0. The van der Waals surface area contributed by atoms with Crippen molar-refractivity contribution in [3.05, 3.63) is 22.3 Å². The lowest BCUT2D eigenvalue weighted by molar-refractivity contribution is -0.146. The number of rotatable bonds is 5. The lowest BCUT2D eigenvalue weighted by Crippen LogP contribution is -2.38. The van der Waals surface area contributed by atoms with Crippen molar-refractivity contribution in [2.24, 2.45) is 5.92 Å². The Morgan fingerprint density at radius 1 is 1.35 bits per heavy atom. The van der Waals surface area contributed by atoms with Crippen LogP contribution in [0.15, 0.2) is 22.3 Å². The lowest BCUT2D eigenvalue weighted by atomic mass is 9.72. The molecule has 0 spiro atoms. The van der Waals surface area contributed by atoms with Crippen molar-refractivity contribution in [3.63, 3.8) is 0 Å². The van der Waals surface area contributed by atoms with Crippen LogP contribution in [0.5, 0.6) is 0 Å². The van der Waals surface area contributed by atoms with E-state index in [0.717, 1.165) is 17.6 Å². The summed E-state index contributed by atoms with van der Waals surface area (Å²) in [6.07, 6.45) is 2.01. The first-order chi connectivity index (χ1) is 10.7. The van der Waals surface area contributed by atoms with Crippen LogP contribution in [0.1, 0.15) is 53.9 Å². The van der Waals surface area contributed by atoms with Crippen molar-refractivity contribution in [1.82, 2.24) is 0 Å². The van der Waals surface area contributed by atoms with Gasteiger partial charge in [-0.2, -0.15) is 0 Å². The van der Waals surface area contributed by atoms with Crippen LogP contribution < -0.4 is 0 Å². The van der Waals surface area contributed by atoms with Crippen molar-refractivity contribution in [3.8, 4) is 0 Å². The molecule has 0 amide bonds. The number of ether oxygens (including phenoxy) is 2. The summed E-state index contributed by atoms with van der Waals surface area (Å²) in [4.78, 5) is 35.6. The van der Waals surface area contributed by atoms with E-state index in [0.29, 0.717) is 30.6 Å². The normalized spacial score (nSPS) is 25.4. The van der Waals surface area contributed by atoms with E-state index in [1.165, 1.54) is 6.92 Å². The highest BCUT2D eigenvalue weighted by Gasteiger charge is 2.50. The predicted molar refractivity (Wildman–Crippen MR) is 84.6 cm³/mol. The fourth-order valence-corrected chi connectivity index (χ4v) is 3.69. The van der Waals surface area contributed by atoms with E-state index in [2.05, 4.69) is 0 Å². The van der Waals surface area contributed by atoms with Gasteiger partial charge in [0.15, 0.2) is 5.78 Å². The molecule has 0 aromatic carbocycles. The molecule has 0 saturated carbocycles. The van der Waals surface area contributed by atoms with Crippen molar-refractivity contribution in [2.75, 3.05) is 6.61 Å². The quantitative estimate of drug-likeness (QED) is 0.575. The summed E-state index contributed by atoms with van der Waals surface area (Å²) in [5.41, 5.74) is 1.87. The highest BCUT2D eigenvalue weighted by atomic mass is 16.6. The van der Waals surface area contributed by atoms with Gasteiger partial charge in [-0.3, -0.25) is 9.59 Å². The van der Waals surface area contributed by atoms with Crippen molar-refractivity contribution in [2.45, 2.75) is 59.5 Å². The minimum absolute atomic E-state index is 0.0543. The highest BCUT2D eigenvalue weighted by molar-refractivity contribution is 6.17. The zero-order chi connectivity index (χ0) is 17.4. The molecule has 126 valence electrons. The summed E-state index contributed by atoms with van der Waals surface area (Å²) < 4.78 is 10.4. The third-order valence-electron chi connectivity index (χ3n) is 4.64. The Morgan fingerprint density at radius 2 is 2.00 bits per heavy atom. The fraction of sp³-hybridized carbons (Fsp3) is 0.611. The minimum atomic E-state index is -0.816. The number of ketones is 1. The summed E-state index contributed by atoms with van der Waals surface area (Å²) in [5, 5.41) is 0. The highest BCUT2D eigenvalue weighted by Crippen LogP contribution is 2.45. The van der Waals surface area contributed by atoms with Gasteiger partial charge < -0.3 is 9.47 Å². The second-order valence-electron chi connectivity index (χ2n) is 6.70. The fourth-order valence-electron chi connectivity index (χ4n) is 3.69. The molecular formula is C18H24O5. The molecule has 5 nitrogen and oxygen atoms in total. The van der Waals surface area contributed by atoms with Crippen LogP contribution in [-0.4, -0.2) is 29.9 Å². The van der Waals surface area contributed by atoms with Gasteiger partial charge in [0.05, 0.1) is 12.2 Å². The Kier molecular flexibility index (Phi) is 4.78.